The van der Waals surface area contributed by atoms with Crippen molar-refractivity contribution in [3.63, 3.8) is 0 Å². The van der Waals surface area contributed by atoms with Crippen LogP contribution in [0.2, 0.25) is 0 Å². The first-order valence-electron chi connectivity index (χ1n) is 10.8. The van der Waals surface area contributed by atoms with Gasteiger partial charge < -0.3 is 14.8 Å². The molecular formula is C23H28FN3O7S. The van der Waals surface area contributed by atoms with E-state index in [4.69, 9.17) is 9.47 Å². The highest BCUT2D eigenvalue weighted by Crippen LogP contribution is 2.20. The van der Waals surface area contributed by atoms with E-state index in [1.807, 2.05) is 0 Å². The SMILES string of the molecule is CCOC(=O)CC(=O)C(CNS(C)(=O)=O)Nc1cc(Cc2ccc(F)cc2)cnc1C(=O)OCC. The van der Waals surface area contributed by atoms with Crippen molar-refractivity contribution >= 4 is 33.4 Å². The van der Waals surface area contributed by atoms with Crippen molar-refractivity contribution in [3.05, 3.63) is 59.2 Å². The van der Waals surface area contributed by atoms with E-state index in [2.05, 4.69) is 15.0 Å². The molecule has 2 N–H and O–H groups in total. The van der Waals surface area contributed by atoms with Crippen LogP contribution in [0.1, 0.15) is 41.9 Å². The largest absolute Gasteiger partial charge is 0.466 e. The number of pyridine rings is 1. The van der Waals surface area contributed by atoms with Gasteiger partial charge in [-0.15, -0.1) is 0 Å². The average Bonchev–Trinajstić information content (AvgIpc) is 2.78. The Morgan fingerprint density at radius 2 is 1.71 bits per heavy atom. The first kappa shape index (κ1) is 27.9. The van der Waals surface area contributed by atoms with Gasteiger partial charge in [0.2, 0.25) is 10.0 Å². The molecule has 12 heteroatoms. The molecule has 0 radical (unpaired) electrons. The molecular weight excluding hydrogens is 481 g/mol. The van der Waals surface area contributed by atoms with Crippen molar-refractivity contribution in [2.24, 2.45) is 0 Å². The van der Waals surface area contributed by atoms with Gasteiger partial charge in [-0.1, -0.05) is 12.1 Å². The zero-order valence-corrected chi connectivity index (χ0v) is 20.5. The summed E-state index contributed by atoms with van der Waals surface area (Å²) in [7, 11) is -3.67. The molecule has 2 aromatic rings. The van der Waals surface area contributed by atoms with Gasteiger partial charge >= 0.3 is 11.9 Å². The molecule has 0 aliphatic rings. The summed E-state index contributed by atoms with van der Waals surface area (Å²) in [6, 6.07) is 6.18. The Balaban J connectivity index is 2.39. The van der Waals surface area contributed by atoms with Gasteiger partial charge in [0.1, 0.15) is 12.2 Å². The number of ether oxygens (including phenoxy) is 2. The minimum Gasteiger partial charge on any atom is -0.466 e. The number of benzene rings is 1. The fraction of sp³-hybridized carbons (Fsp3) is 0.391. The summed E-state index contributed by atoms with van der Waals surface area (Å²) < 4.78 is 48.5. The fourth-order valence-electron chi connectivity index (χ4n) is 3.06. The minimum absolute atomic E-state index is 0.0775. The molecule has 1 atom stereocenters. The quantitative estimate of drug-likeness (QED) is 0.306. The molecule has 0 spiro atoms. The van der Waals surface area contributed by atoms with E-state index in [-0.39, 0.29) is 37.0 Å². The molecule has 190 valence electrons. The maximum atomic E-state index is 13.2. The number of carbonyl (C=O) groups is 3. The van der Waals surface area contributed by atoms with E-state index in [0.29, 0.717) is 12.0 Å². The lowest BCUT2D eigenvalue weighted by Crippen LogP contribution is -2.42. The topological polar surface area (TPSA) is 141 Å². The highest BCUT2D eigenvalue weighted by molar-refractivity contribution is 7.88. The lowest BCUT2D eigenvalue weighted by molar-refractivity contribution is -0.145. The molecule has 0 bridgehead atoms. The van der Waals surface area contributed by atoms with Crippen molar-refractivity contribution in [1.29, 1.82) is 0 Å². The first-order valence-corrected chi connectivity index (χ1v) is 12.7. The smallest absolute Gasteiger partial charge is 0.359 e. The van der Waals surface area contributed by atoms with Crippen LogP contribution in [0.15, 0.2) is 36.5 Å². The number of Topliss-reactive ketones (excluding diaryl/α,β-unsaturated/α-hetero) is 1. The van der Waals surface area contributed by atoms with Crippen LogP contribution >= 0.6 is 0 Å². The standard InChI is InChI=1S/C23H28FN3O7S/c1-4-33-21(29)12-20(28)19(14-26-35(3,31)32)27-18-11-16(10-15-6-8-17(24)9-7-15)13-25-22(18)23(30)34-5-2/h6-9,11,13,19,26-27H,4-5,10,12,14H2,1-3H3. The number of sulfonamides is 1. The molecule has 10 nitrogen and oxygen atoms in total. The first-order chi connectivity index (χ1) is 16.5. The third-order valence-corrected chi connectivity index (χ3v) is 5.32. The number of esters is 2. The van der Waals surface area contributed by atoms with Gasteiger partial charge in [0, 0.05) is 12.7 Å². The lowest BCUT2D eigenvalue weighted by atomic mass is 10.0. The lowest BCUT2D eigenvalue weighted by Gasteiger charge is -2.20. The van der Waals surface area contributed by atoms with Crippen LogP contribution in [0.4, 0.5) is 10.1 Å². The molecule has 35 heavy (non-hydrogen) atoms. The predicted molar refractivity (Wildman–Crippen MR) is 126 cm³/mol. The van der Waals surface area contributed by atoms with Crippen LogP contribution in [0, 0.1) is 5.82 Å². The van der Waals surface area contributed by atoms with Crippen LogP contribution < -0.4 is 10.0 Å². The van der Waals surface area contributed by atoms with Crippen molar-refractivity contribution in [2.75, 3.05) is 31.3 Å². The highest BCUT2D eigenvalue weighted by Gasteiger charge is 2.26. The summed E-state index contributed by atoms with van der Waals surface area (Å²) in [5.41, 5.74) is 1.39. The van der Waals surface area contributed by atoms with Gasteiger partial charge in [-0.2, -0.15) is 0 Å². The van der Waals surface area contributed by atoms with E-state index < -0.39 is 40.2 Å². The van der Waals surface area contributed by atoms with Crippen molar-refractivity contribution in [1.82, 2.24) is 9.71 Å². The van der Waals surface area contributed by atoms with E-state index >= 15 is 0 Å². The third kappa shape index (κ3) is 9.41. The molecule has 1 unspecified atom stereocenters. The summed E-state index contributed by atoms with van der Waals surface area (Å²) in [5.74, 6) is -2.56. The van der Waals surface area contributed by atoms with Crippen LogP contribution in [-0.4, -0.2) is 63.2 Å². The van der Waals surface area contributed by atoms with E-state index in [0.717, 1.165) is 11.8 Å². The Morgan fingerprint density at radius 1 is 1.06 bits per heavy atom. The molecule has 2 rings (SSSR count). The number of anilines is 1. The van der Waals surface area contributed by atoms with E-state index in [1.54, 1.807) is 32.0 Å². The van der Waals surface area contributed by atoms with Crippen molar-refractivity contribution in [3.8, 4) is 0 Å². The summed E-state index contributed by atoms with van der Waals surface area (Å²) in [6.45, 7) is 2.98. The minimum atomic E-state index is -3.67. The number of halogens is 1. The van der Waals surface area contributed by atoms with Gasteiger partial charge in [0.05, 0.1) is 31.2 Å². The molecule has 0 amide bonds. The maximum Gasteiger partial charge on any atom is 0.359 e. The molecule has 1 aromatic heterocycles. The van der Waals surface area contributed by atoms with E-state index in [1.165, 1.54) is 18.3 Å². The molecule has 0 aliphatic carbocycles. The van der Waals surface area contributed by atoms with Gasteiger partial charge in [-0.25, -0.2) is 27.3 Å². The van der Waals surface area contributed by atoms with Crippen LogP contribution in [-0.2, 0) is 35.5 Å². The van der Waals surface area contributed by atoms with Crippen LogP contribution in [0.3, 0.4) is 0 Å². The number of rotatable bonds is 13. The van der Waals surface area contributed by atoms with Crippen LogP contribution in [0.5, 0.6) is 0 Å². The monoisotopic (exact) mass is 509 g/mol. The Morgan fingerprint density at radius 3 is 2.31 bits per heavy atom. The Bertz CT molecular complexity index is 1150. The summed E-state index contributed by atoms with van der Waals surface area (Å²) in [5, 5.41) is 2.83. The number of nitrogens with zero attached hydrogens (tertiary/aromatic N) is 1. The number of nitrogens with one attached hydrogen (secondary N) is 2. The maximum absolute atomic E-state index is 13.2. The molecule has 0 saturated heterocycles. The zero-order chi connectivity index (χ0) is 26.0. The highest BCUT2D eigenvalue weighted by atomic mass is 32.2. The van der Waals surface area contributed by atoms with Gasteiger partial charge in [0.15, 0.2) is 11.5 Å². The van der Waals surface area contributed by atoms with Crippen molar-refractivity contribution in [2.45, 2.75) is 32.7 Å². The van der Waals surface area contributed by atoms with E-state index in [9.17, 15) is 27.2 Å². The molecule has 0 aliphatic heterocycles. The number of hydrogen-bond acceptors (Lipinski definition) is 9. The van der Waals surface area contributed by atoms with Gasteiger partial charge in [-0.05, 0) is 49.6 Å². The number of carbonyl (C=O) groups excluding carboxylic acids is 3. The second kappa shape index (κ2) is 12.9. The zero-order valence-electron chi connectivity index (χ0n) is 19.7. The summed E-state index contributed by atoms with van der Waals surface area (Å²) in [4.78, 5) is 41.3. The Labute approximate surface area is 203 Å². The molecule has 1 aromatic carbocycles. The predicted octanol–water partition coefficient (Wildman–Crippen LogP) is 1.84. The second-order valence-corrected chi connectivity index (χ2v) is 9.36. The number of ketones is 1. The fourth-order valence-corrected chi connectivity index (χ4v) is 3.53. The van der Waals surface area contributed by atoms with Gasteiger partial charge in [-0.3, -0.25) is 9.59 Å². The third-order valence-electron chi connectivity index (χ3n) is 4.63. The van der Waals surface area contributed by atoms with Gasteiger partial charge in [0.25, 0.3) is 0 Å². The molecule has 1 heterocycles. The van der Waals surface area contributed by atoms with Crippen molar-refractivity contribution < 1.29 is 36.7 Å². The average molecular weight is 510 g/mol. The summed E-state index contributed by atoms with van der Waals surface area (Å²) in [6.07, 6.45) is 2.11. The second-order valence-electron chi connectivity index (χ2n) is 7.53. The van der Waals surface area contributed by atoms with Crippen LogP contribution in [0.25, 0.3) is 0 Å². The normalized spacial score (nSPS) is 12.0. The number of aromatic nitrogens is 1. The molecule has 0 saturated carbocycles. The Hall–Kier alpha value is -3.38. The summed E-state index contributed by atoms with van der Waals surface area (Å²) >= 11 is 0. The molecule has 0 fully saturated rings. The number of hydrogen-bond donors (Lipinski definition) is 2. The Kier molecular flexibility index (Phi) is 10.3.